The lowest BCUT2D eigenvalue weighted by Gasteiger charge is -2.13. The highest BCUT2D eigenvalue weighted by Crippen LogP contribution is 2.34. The number of benzene rings is 1. The van der Waals surface area contributed by atoms with Crippen LogP contribution in [0.5, 0.6) is 5.75 Å². The lowest BCUT2D eigenvalue weighted by Crippen LogP contribution is -2.11. The predicted molar refractivity (Wildman–Crippen MR) is 58.0 cm³/mol. The van der Waals surface area contributed by atoms with E-state index in [1.165, 1.54) is 0 Å². The van der Waals surface area contributed by atoms with E-state index >= 15 is 0 Å². The maximum Gasteiger partial charge on any atom is 0.169 e. The predicted octanol–water partition coefficient (Wildman–Crippen LogP) is 2.66. The average Bonchev–Trinajstić information content (AvgIpc) is 2.19. The zero-order chi connectivity index (χ0) is 10.9. The molecule has 4 heteroatoms. The van der Waals surface area contributed by atoms with Crippen molar-refractivity contribution in [3.63, 3.8) is 0 Å². The Kier molecular flexibility index (Phi) is 3.50. The van der Waals surface area contributed by atoms with Gasteiger partial charge in [0.15, 0.2) is 11.6 Å². The maximum atomic E-state index is 13.5. The molecule has 0 aromatic heterocycles. The third-order valence-corrected chi connectivity index (χ3v) is 3.27. The highest BCUT2D eigenvalue weighted by molar-refractivity contribution is 9.10. The molecular weight excluding hydrogens is 249 g/mol. The van der Waals surface area contributed by atoms with E-state index in [0.717, 1.165) is 5.56 Å². The molecule has 3 N–H and O–H groups in total. The summed E-state index contributed by atoms with van der Waals surface area (Å²) in [5, 5.41) is 9.45. The van der Waals surface area contributed by atoms with Crippen molar-refractivity contribution in [1.29, 1.82) is 0 Å². The fourth-order valence-corrected chi connectivity index (χ4v) is 1.55. The summed E-state index contributed by atoms with van der Waals surface area (Å²) in [4.78, 5) is 0. The number of aryl methyl sites for hydroxylation is 1. The second-order valence-electron chi connectivity index (χ2n) is 3.40. The SMILES string of the molecule is Cc1cc(C(C)CN)c(F)c(O)c1Br. The van der Waals surface area contributed by atoms with Gasteiger partial charge in [-0.25, -0.2) is 4.39 Å². The smallest absolute Gasteiger partial charge is 0.169 e. The van der Waals surface area contributed by atoms with Gasteiger partial charge in [-0.05, 0) is 46.4 Å². The van der Waals surface area contributed by atoms with Crippen LogP contribution in [0.3, 0.4) is 0 Å². The Bertz CT molecular complexity index is 354. The van der Waals surface area contributed by atoms with E-state index in [4.69, 9.17) is 5.73 Å². The second-order valence-corrected chi connectivity index (χ2v) is 4.19. The van der Waals surface area contributed by atoms with Crippen molar-refractivity contribution in [3.05, 3.63) is 27.5 Å². The van der Waals surface area contributed by atoms with Crippen LogP contribution >= 0.6 is 15.9 Å². The van der Waals surface area contributed by atoms with Gasteiger partial charge in [-0.3, -0.25) is 0 Å². The van der Waals surface area contributed by atoms with Crippen LogP contribution < -0.4 is 5.73 Å². The summed E-state index contributed by atoms with van der Waals surface area (Å²) >= 11 is 3.11. The first kappa shape index (κ1) is 11.5. The number of hydrogen-bond donors (Lipinski definition) is 2. The van der Waals surface area contributed by atoms with Gasteiger partial charge in [-0.2, -0.15) is 0 Å². The third-order valence-electron chi connectivity index (χ3n) is 2.27. The summed E-state index contributed by atoms with van der Waals surface area (Å²) in [6.45, 7) is 3.98. The molecule has 1 rings (SSSR count). The highest BCUT2D eigenvalue weighted by atomic mass is 79.9. The van der Waals surface area contributed by atoms with Gasteiger partial charge in [0.05, 0.1) is 4.47 Å². The fraction of sp³-hybridized carbons (Fsp3) is 0.400. The number of phenolic OH excluding ortho intramolecular Hbond substituents is 1. The minimum Gasteiger partial charge on any atom is -0.504 e. The Morgan fingerprint density at radius 1 is 1.64 bits per heavy atom. The van der Waals surface area contributed by atoms with E-state index in [-0.39, 0.29) is 11.7 Å². The molecule has 1 unspecified atom stereocenters. The molecule has 1 aromatic rings. The van der Waals surface area contributed by atoms with Gasteiger partial charge < -0.3 is 10.8 Å². The Hall–Kier alpha value is -0.610. The van der Waals surface area contributed by atoms with Crippen LogP contribution in [0.15, 0.2) is 10.5 Å². The molecule has 0 spiro atoms. The van der Waals surface area contributed by atoms with Crippen molar-refractivity contribution in [2.24, 2.45) is 5.73 Å². The summed E-state index contributed by atoms with van der Waals surface area (Å²) in [5.74, 6) is -1.01. The summed E-state index contributed by atoms with van der Waals surface area (Å²) in [6.07, 6.45) is 0. The molecule has 1 aromatic carbocycles. The summed E-state index contributed by atoms with van der Waals surface area (Å²) in [6, 6.07) is 1.71. The van der Waals surface area contributed by atoms with E-state index in [9.17, 15) is 9.50 Å². The lowest BCUT2D eigenvalue weighted by molar-refractivity contribution is 0.422. The minimum atomic E-state index is -0.583. The minimum absolute atomic E-state index is 0.0901. The van der Waals surface area contributed by atoms with Crippen molar-refractivity contribution < 1.29 is 9.50 Å². The largest absolute Gasteiger partial charge is 0.504 e. The Balaban J connectivity index is 3.33. The van der Waals surface area contributed by atoms with Crippen LogP contribution in [-0.4, -0.2) is 11.7 Å². The molecular formula is C10H13BrFNO. The first-order chi connectivity index (χ1) is 6.49. The second kappa shape index (κ2) is 4.28. The molecule has 0 saturated heterocycles. The number of halogens is 2. The molecule has 0 saturated carbocycles. The van der Waals surface area contributed by atoms with Gasteiger partial charge in [-0.1, -0.05) is 13.0 Å². The number of rotatable bonds is 2. The van der Waals surface area contributed by atoms with Crippen molar-refractivity contribution in [1.82, 2.24) is 0 Å². The topological polar surface area (TPSA) is 46.2 Å². The standard InChI is InChI=1S/C10H13BrFNO/c1-5-3-7(6(2)4-13)9(12)10(14)8(5)11/h3,6,14H,4,13H2,1-2H3. The van der Waals surface area contributed by atoms with E-state index < -0.39 is 5.82 Å². The molecule has 14 heavy (non-hydrogen) atoms. The van der Waals surface area contributed by atoms with E-state index in [1.807, 2.05) is 6.92 Å². The Morgan fingerprint density at radius 2 is 2.21 bits per heavy atom. The van der Waals surface area contributed by atoms with Crippen molar-refractivity contribution >= 4 is 15.9 Å². The molecule has 1 atom stereocenters. The number of phenols is 1. The number of aromatic hydroxyl groups is 1. The summed E-state index contributed by atoms with van der Waals surface area (Å²) in [5.41, 5.74) is 6.72. The van der Waals surface area contributed by atoms with E-state index in [1.54, 1.807) is 13.0 Å². The van der Waals surface area contributed by atoms with Crippen molar-refractivity contribution in [2.45, 2.75) is 19.8 Å². The van der Waals surface area contributed by atoms with Gasteiger partial charge in [-0.15, -0.1) is 0 Å². The molecule has 0 aliphatic carbocycles. The van der Waals surface area contributed by atoms with Crippen LogP contribution in [0, 0.1) is 12.7 Å². The van der Waals surface area contributed by atoms with Crippen LogP contribution in [0.1, 0.15) is 24.0 Å². The van der Waals surface area contributed by atoms with Crippen LogP contribution in [0.25, 0.3) is 0 Å². The molecule has 0 amide bonds. The van der Waals surface area contributed by atoms with Gasteiger partial charge in [0.2, 0.25) is 0 Å². The molecule has 78 valence electrons. The van der Waals surface area contributed by atoms with Crippen LogP contribution in [0.4, 0.5) is 4.39 Å². The third kappa shape index (κ3) is 1.91. The Labute approximate surface area is 91.1 Å². The molecule has 0 aliphatic heterocycles. The molecule has 0 heterocycles. The molecule has 0 fully saturated rings. The van der Waals surface area contributed by atoms with E-state index in [2.05, 4.69) is 15.9 Å². The van der Waals surface area contributed by atoms with Crippen LogP contribution in [0.2, 0.25) is 0 Å². The summed E-state index contributed by atoms with van der Waals surface area (Å²) in [7, 11) is 0. The van der Waals surface area contributed by atoms with Gasteiger partial charge in [0, 0.05) is 0 Å². The molecule has 0 aliphatic rings. The maximum absolute atomic E-state index is 13.5. The molecule has 0 bridgehead atoms. The normalized spacial score (nSPS) is 12.9. The van der Waals surface area contributed by atoms with Crippen molar-refractivity contribution in [2.75, 3.05) is 6.54 Å². The average molecular weight is 262 g/mol. The molecule has 2 nitrogen and oxygen atoms in total. The monoisotopic (exact) mass is 261 g/mol. The summed E-state index contributed by atoms with van der Waals surface area (Å²) < 4.78 is 13.9. The van der Waals surface area contributed by atoms with E-state index in [0.29, 0.717) is 16.6 Å². The zero-order valence-corrected chi connectivity index (χ0v) is 9.73. The van der Waals surface area contributed by atoms with Gasteiger partial charge in [0.1, 0.15) is 0 Å². The number of nitrogens with two attached hydrogens (primary N) is 1. The fourth-order valence-electron chi connectivity index (χ4n) is 1.27. The van der Waals surface area contributed by atoms with Crippen LogP contribution in [-0.2, 0) is 0 Å². The first-order valence-electron chi connectivity index (χ1n) is 4.36. The zero-order valence-electron chi connectivity index (χ0n) is 8.14. The first-order valence-corrected chi connectivity index (χ1v) is 5.15. The Morgan fingerprint density at radius 3 is 2.71 bits per heavy atom. The quantitative estimate of drug-likeness (QED) is 0.860. The lowest BCUT2D eigenvalue weighted by atomic mass is 9.98. The highest BCUT2D eigenvalue weighted by Gasteiger charge is 2.17. The number of hydrogen-bond acceptors (Lipinski definition) is 2. The molecule has 0 radical (unpaired) electrons. The van der Waals surface area contributed by atoms with Gasteiger partial charge in [0.25, 0.3) is 0 Å². The van der Waals surface area contributed by atoms with Gasteiger partial charge >= 0.3 is 0 Å². The van der Waals surface area contributed by atoms with Crippen molar-refractivity contribution in [3.8, 4) is 5.75 Å².